The van der Waals surface area contributed by atoms with E-state index in [1.165, 1.54) is 24.3 Å². The van der Waals surface area contributed by atoms with Gasteiger partial charge in [0.1, 0.15) is 0 Å². The predicted molar refractivity (Wildman–Crippen MR) is 101 cm³/mol. The molecule has 2 aromatic carbocycles. The maximum atomic E-state index is 12.3. The van der Waals surface area contributed by atoms with E-state index < -0.39 is 21.0 Å². The highest BCUT2D eigenvalue weighted by Crippen LogP contribution is 2.21. The number of aryl methyl sites for hydroxylation is 1. The van der Waals surface area contributed by atoms with E-state index in [9.17, 15) is 13.2 Å². The third kappa shape index (κ3) is 4.06. The summed E-state index contributed by atoms with van der Waals surface area (Å²) in [6.07, 6.45) is 0. The number of rotatable bonds is 5. The molecule has 27 heavy (non-hydrogen) atoms. The van der Waals surface area contributed by atoms with Crippen LogP contribution in [0.5, 0.6) is 0 Å². The van der Waals surface area contributed by atoms with E-state index in [-0.39, 0.29) is 16.5 Å². The van der Waals surface area contributed by atoms with Gasteiger partial charge < -0.3 is 4.42 Å². The topological polar surface area (TPSA) is 102 Å². The predicted octanol–water partition coefficient (Wildman–Crippen LogP) is 3.48. The van der Waals surface area contributed by atoms with Crippen LogP contribution in [0.2, 0.25) is 0 Å². The van der Waals surface area contributed by atoms with Crippen LogP contribution in [0.3, 0.4) is 0 Å². The first kappa shape index (κ1) is 18.8. The van der Waals surface area contributed by atoms with Crippen LogP contribution in [0.15, 0.2) is 57.8 Å². The number of anilines is 1. The summed E-state index contributed by atoms with van der Waals surface area (Å²) >= 11 is 0. The third-order valence-electron chi connectivity index (χ3n) is 3.98. The molecule has 0 bridgehead atoms. The lowest BCUT2D eigenvalue weighted by atomic mass is 10.1. The highest BCUT2D eigenvalue weighted by Gasteiger charge is 2.20. The summed E-state index contributed by atoms with van der Waals surface area (Å²) in [7, 11) is -3.38. The van der Waals surface area contributed by atoms with Crippen molar-refractivity contribution in [2.75, 3.05) is 5.32 Å². The maximum Gasteiger partial charge on any atom is 0.322 e. The fraction of sp³-hybridized carbons (Fsp3) is 0.211. The van der Waals surface area contributed by atoms with E-state index in [1.54, 1.807) is 13.8 Å². The molecule has 0 spiro atoms. The molecular weight excluding hydrogens is 366 g/mol. The van der Waals surface area contributed by atoms with Crippen molar-refractivity contribution in [1.29, 1.82) is 0 Å². The minimum absolute atomic E-state index is 0.0321. The van der Waals surface area contributed by atoms with Crippen molar-refractivity contribution in [2.24, 2.45) is 0 Å². The van der Waals surface area contributed by atoms with Gasteiger partial charge in [-0.25, -0.2) is 8.42 Å². The van der Waals surface area contributed by atoms with E-state index in [0.717, 1.165) is 11.1 Å². The van der Waals surface area contributed by atoms with Gasteiger partial charge in [0.05, 0.1) is 10.1 Å². The van der Waals surface area contributed by atoms with E-state index in [1.807, 2.05) is 31.2 Å². The molecule has 8 heteroatoms. The van der Waals surface area contributed by atoms with Gasteiger partial charge in [0, 0.05) is 11.1 Å². The van der Waals surface area contributed by atoms with Gasteiger partial charge in [0.25, 0.3) is 5.91 Å². The summed E-state index contributed by atoms with van der Waals surface area (Å²) in [4.78, 5) is 12.5. The van der Waals surface area contributed by atoms with Gasteiger partial charge in [0.15, 0.2) is 9.84 Å². The number of carbonyl (C=O) groups is 1. The van der Waals surface area contributed by atoms with Crippen LogP contribution in [-0.4, -0.2) is 29.8 Å². The first-order valence-corrected chi connectivity index (χ1v) is 9.88. The Balaban J connectivity index is 1.75. The molecule has 0 unspecified atom stereocenters. The van der Waals surface area contributed by atoms with Gasteiger partial charge in [-0.2, -0.15) is 0 Å². The Labute approximate surface area is 157 Å². The lowest BCUT2D eigenvalue weighted by molar-refractivity contribution is 0.102. The summed E-state index contributed by atoms with van der Waals surface area (Å²) in [6.45, 7) is 5.17. The van der Waals surface area contributed by atoms with Crippen LogP contribution < -0.4 is 5.32 Å². The summed E-state index contributed by atoms with van der Waals surface area (Å²) in [5.74, 6) is -0.171. The smallest absolute Gasteiger partial charge is 0.322 e. The molecule has 0 aliphatic heterocycles. The quantitative estimate of drug-likeness (QED) is 0.721. The molecule has 1 aromatic heterocycles. The summed E-state index contributed by atoms with van der Waals surface area (Å²) in [5.41, 5.74) is 2.09. The SMILES string of the molecule is Cc1cccc(-c2nnc(NC(=O)c3ccc(S(=O)(=O)C(C)C)cc3)o2)c1. The van der Waals surface area contributed by atoms with Crippen LogP contribution in [-0.2, 0) is 9.84 Å². The fourth-order valence-electron chi connectivity index (χ4n) is 2.41. The Morgan fingerprint density at radius 3 is 2.41 bits per heavy atom. The van der Waals surface area contributed by atoms with Crippen LogP contribution in [0, 0.1) is 6.92 Å². The number of amides is 1. The largest absolute Gasteiger partial charge is 0.403 e. The maximum absolute atomic E-state index is 12.3. The molecule has 3 rings (SSSR count). The number of nitrogens with zero attached hydrogens (tertiary/aromatic N) is 2. The number of nitrogens with one attached hydrogen (secondary N) is 1. The highest BCUT2D eigenvalue weighted by molar-refractivity contribution is 7.92. The molecule has 1 amide bonds. The second-order valence-electron chi connectivity index (χ2n) is 6.35. The molecule has 0 aliphatic carbocycles. The number of benzene rings is 2. The van der Waals surface area contributed by atoms with Crippen molar-refractivity contribution in [3.05, 3.63) is 59.7 Å². The van der Waals surface area contributed by atoms with Crippen molar-refractivity contribution < 1.29 is 17.6 Å². The summed E-state index contributed by atoms with van der Waals surface area (Å²) in [5, 5.41) is 9.74. The van der Waals surface area contributed by atoms with Crippen molar-refractivity contribution in [1.82, 2.24) is 10.2 Å². The normalized spacial score (nSPS) is 11.6. The molecule has 140 valence electrons. The molecule has 7 nitrogen and oxygen atoms in total. The first-order chi connectivity index (χ1) is 12.8. The third-order valence-corrected chi connectivity index (χ3v) is 6.15. The van der Waals surface area contributed by atoms with Gasteiger partial charge in [-0.05, 0) is 57.2 Å². The van der Waals surface area contributed by atoms with Crippen LogP contribution >= 0.6 is 0 Å². The zero-order valence-corrected chi connectivity index (χ0v) is 15.9. The first-order valence-electron chi connectivity index (χ1n) is 8.33. The van der Waals surface area contributed by atoms with Crippen molar-refractivity contribution >= 4 is 21.8 Å². The molecule has 0 saturated heterocycles. The fourth-order valence-corrected chi connectivity index (χ4v) is 3.47. The van der Waals surface area contributed by atoms with Crippen LogP contribution in [0.4, 0.5) is 6.01 Å². The highest BCUT2D eigenvalue weighted by atomic mass is 32.2. The minimum Gasteiger partial charge on any atom is -0.403 e. The zero-order chi connectivity index (χ0) is 19.6. The van der Waals surface area contributed by atoms with Gasteiger partial charge >= 0.3 is 6.01 Å². The lowest BCUT2D eigenvalue weighted by Crippen LogP contribution is -2.15. The number of sulfone groups is 1. The standard InChI is InChI=1S/C19H19N3O4S/c1-12(2)27(24,25)16-9-7-14(8-10-16)17(23)20-19-22-21-18(26-19)15-6-4-5-13(3)11-15/h4-12H,1-3H3,(H,20,22,23). The Morgan fingerprint density at radius 1 is 1.07 bits per heavy atom. The Hall–Kier alpha value is -3.00. The van der Waals surface area contributed by atoms with Gasteiger partial charge in [-0.3, -0.25) is 10.1 Å². The average Bonchev–Trinajstić information content (AvgIpc) is 3.10. The van der Waals surface area contributed by atoms with Crippen molar-refractivity contribution in [3.63, 3.8) is 0 Å². The molecule has 0 saturated carbocycles. The van der Waals surface area contributed by atoms with Gasteiger partial charge in [-0.1, -0.05) is 22.8 Å². The van der Waals surface area contributed by atoms with Crippen molar-refractivity contribution in [3.8, 4) is 11.5 Å². The number of carbonyl (C=O) groups excluding carboxylic acids is 1. The minimum atomic E-state index is -3.38. The molecule has 0 atom stereocenters. The van der Waals surface area contributed by atoms with E-state index in [4.69, 9.17) is 4.42 Å². The Bertz CT molecular complexity index is 1070. The monoisotopic (exact) mass is 385 g/mol. The molecule has 0 radical (unpaired) electrons. The summed E-state index contributed by atoms with van der Waals surface area (Å²) in [6, 6.07) is 13.2. The lowest BCUT2D eigenvalue weighted by Gasteiger charge is -2.08. The molecule has 0 fully saturated rings. The van der Waals surface area contributed by atoms with E-state index >= 15 is 0 Å². The molecule has 1 heterocycles. The average molecular weight is 385 g/mol. The van der Waals surface area contributed by atoms with Gasteiger partial charge in [-0.15, -0.1) is 5.10 Å². The number of aromatic nitrogens is 2. The zero-order valence-electron chi connectivity index (χ0n) is 15.1. The molecule has 0 aliphatic rings. The number of hydrogen-bond acceptors (Lipinski definition) is 6. The van der Waals surface area contributed by atoms with Gasteiger partial charge in [0.2, 0.25) is 5.89 Å². The van der Waals surface area contributed by atoms with Crippen LogP contribution in [0.25, 0.3) is 11.5 Å². The summed E-state index contributed by atoms with van der Waals surface area (Å²) < 4.78 is 29.7. The molecular formula is C19H19N3O4S. The second kappa shape index (κ2) is 7.32. The van der Waals surface area contributed by atoms with Crippen molar-refractivity contribution in [2.45, 2.75) is 30.9 Å². The number of hydrogen-bond donors (Lipinski definition) is 1. The molecule has 1 N–H and O–H groups in total. The second-order valence-corrected chi connectivity index (χ2v) is 8.86. The van der Waals surface area contributed by atoms with Crippen LogP contribution in [0.1, 0.15) is 29.8 Å². The van der Waals surface area contributed by atoms with E-state index in [2.05, 4.69) is 15.5 Å². The molecule has 3 aromatic rings. The Kier molecular flexibility index (Phi) is 5.09. The Morgan fingerprint density at radius 2 is 1.78 bits per heavy atom. The van der Waals surface area contributed by atoms with E-state index in [0.29, 0.717) is 5.89 Å².